The van der Waals surface area contributed by atoms with Gasteiger partial charge in [-0.15, -0.1) is 0 Å². The van der Waals surface area contributed by atoms with Gasteiger partial charge < -0.3 is 15.2 Å². The summed E-state index contributed by atoms with van der Waals surface area (Å²) in [4.78, 5) is 22.3. The van der Waals surface area contributed by atoms with Crippen molar-refractivity contribution < 1.29 is 19.4 Å². The van der Waals surface area contributed by atoms with E-state index in [9.17, 15) is 14.7 Å². The fraction of sp³-hybridized carbons (Fsp3) is 0.889. The lowest BCUT2D eigenvalue weighted by Gasteiger charge is -2.22. The second-order valence-corrected chi connectivity index (χ2v) is 6.31. The average molecular weight is 329 g/mol. The molecule has 0 aliphatic rings. The van der Waals surface area contributed by atoms with Crippen LogP contribution in [0.25, 0.3) is 0 Å². The molecule has 0 saturated heterocycles. The summed E-state index contributed by atoms with van der Waals surface area (Å²) < 4.78 is 5.32. The van der Waals surface area contributed by atoms with Crippen LogP contribution in [0.15, 0.2) is 0 Å². The van der Waals surface area contributed by atoms with Crippen LogP contribution in [0, 0.1) is 0 Å². The number of nitrogens with one attached hydrogen (secondary N) is 1. The predicted molar refractivity (Wildman–Crippen MR) is 92.1 cm³/mol. The average Bonchev–Trinajstić information content (AvgIpc) is 2.48. The zero-order valence-electron chi connectivity index (χ0n) is 15.1. The summed E-state index contributed by atoms with van der Waals surface area (Å²) in [6.07, 6.45) is 10.8. The minimum Gasteiger partial charge on any atom is -0.462 e. The molecule has 0 bridgehead atoms. The molecule has 0 rings (SSSR count). The maximum Gasteiger partial charge on any atom is 0.302 e. The van der Waals surface area contributed by atoms with Gasteiger partial charge in [0.15, 0.2) is 0 Å². The number of rotatable bonds is 14. The van der Waals surface area contributed by atoms with Crippen LogP contribution in [0.4, 0.5) is 0 Å². The smallest absolute Gasteiger partial charge is 0.302 e. The first-order chi connectivity index (χ1) is 11.0. The van der Waals surface area contributed by atoms with Gasteiger partial charge >= 0.3 is 5.97 Å². The molecule has 0 radical (unpaired) electrons. The third-order valence-corrected chi connectivity index (χ3v) is 3.89. The zero-order valence-corrected chi connectivity index (χ0v) is 15.1. The van der Waals surface area contributed by atoms with Crippen LogP contribution in [0.1, 0.15) is 85.0 Å². The minimum atomic E-state index is -0.356. The van der Waals surface area contributed by atoms with Crippen LogP contribution in [0.5, 0.6) is 0 Å². The second kappa shape index (κ2) is 14.5. The molecular formula is C18H35NO4. The van der Waals surface area contributed by atoms with Crippen molar-refractivity contribution in [2.75, 3.05) is 6.61 Å². The Kier molecular flexibility index (Phi) is 13.8. The van der Waals surface area contributed by atoms with Gasteiger partial charge in [-0.1, -0.05) is 51.9 Å². The van der Waals surface area contributed by atoms with E-state index in [0.29, 0.717) is 6.42 Å². The molecule has 0 heterocycles. The lowest BCUT2D eigenvalue weighted by Crippen LogP contribution is -2.39. The Labute approximate surface area is 141 Å². The monoisotopic (exact) mass is 329 g/mol. The van der Waals surface area contributed by atoms with Gasteiger partial charge in [0.25, 0.3) is 0 Å². The Hall–Kier alpha value is -1.10. The number of amides is 1. The zero-order chi connectivity index (χ0) is 17.5. The molecule has 0 spiro atoms. The largest absolute Gasteiger partial charge is 0.462 e. The molecule has 0 aliphatic heterocycles. The molecule has 0 aromatic carbocycles. The van der Waals surface area contributed by atoms with E-state index in [1.54, 1.807) is 0 Å². The summed E-state index contributed by atoms with van der Waals surface area (Å²) in [5.41, 5.74) is 0. The molecule has 2 N–H and O–H groups in total. The first kappa shape index (κ1) is 21.9. The van der Waals surface area contributed by atoms with Crippen LogP contribution in [-0.2, 0) is 14.3 Å². The van der Waals surface area contributed by atoms with Crippen LogP contribution < -0.4 is 5.32 Å². The van der Waals surface area contributed by atoms with Crippen molar-refractivity contribution >= 4 is 11.9 Å². The van der Waals surface area contributed by atoms with Crippen LogP contribution in [-0.4, -0.2) is 35.7 Å². The number of carbonyl (C=O) groups is 2. The molecular weight excluding hydrogens is 294 g/mol. The molecule has 5 nitrogen and oxygen atoms in total. The van der Waals surface area contributed by atoms with Crippen molar-refractivity contribution in [2.45, 2.75) is 97.1 Å². The van der Waals surface area contributed by atoms with E-state index in [1.165, 1.54) is 52.4 Å². The third kappa shape index (κ3) is 14.2. The van der Waals surface area contributed by atoms with E-state index in [4.69, 9.17) is 4.74 Å². The molecule has 0 saturated carbocycles. The fourth-order valence-electron chi connectivity index (χ4n) is 2.75. The van der Waals surface area contributed by atoms with E-state index in [2.05, 4.69) is 12.2 Å². The van der Waals surface area contributed by atoms with Crippen LogP contribution in [0.2, 0.25) is 0 Å². The Morgan fingerprint density at radius 3 is 2.04 bits per heavy atom. The van der Waals surface area contributed by atoms with Crippen LogP contribution in [0.3, 0.4) is 0 Å². The predicted octanol–water partition coefficient (Wildman–Crippen LogP) is 3.34. The minimum absolute atomic E-state index is 0.144. The molecule has 2 atom stereocenters. The Morgan fingerprint density at radius 2 is 1.57 bits per heavy atom. The summed E-state index contributed by atoms with van der Waals surface area (Å²) in [7, 11) is 0. The first-order valence-electron chi connectivity index (χ1n) is 9.04. The third-order valence-electron chi connectivity index (χ3n) is 3.89. The standard InChI is InChI=1S/C18H35NO4/c1-4-5-6-7-8-9-10-11-12-18(23-16(3)22)13-17(14-20)19-15(2)21/h17-18,20H,4-14H2,1-3H3,(H,19,21). The molecule has 0 aliphatic carbocycles. The normalized spacial score (nSPS) is 13.4. The summed E-state index contributed by atoms with van der Waals surface area (Å²) in [5.74, 6) is -0.494. The molecule has 2 unspecified atom stereocenters. The van der Waals surface area contributed by atoms with E-state index < -0.39 is 0 Å². The molecule has 0 aromatic rings. The van der Waals surface area contributed by atoms with Crippen molar-refractivity contribution in [3.63, 3.8) is 0 Å². The van der Waals surface area contributed by atoms with Gasteiger partial charge in [0.2, 0.25) is 5.91 Å². The van der Waals surface area contributed by atoms with Gasteiger partial charge in [0.05, 0.1) is 12.6 Å². The summed E-state index contributed by atoms with van der Waals surface area (Å²) in [6.45, 7) is 4.89. The maximum atomic E-state index is 11.2. The molecule has 0 fully saturated rings. The second-order valence-electron chi connectivity index (χ2n) is 6.31. The number of aliphatic hydroxyl groups is 1. The van der Waals surface area contributed by atoms with Crippen molar-refractivity contribution in [3.05, 3.63) is 0 Å². The Morgan fingerprint density at radius 1 is 1.00 bits per heavy atom. The first-order valence-corrected chi connectivity index (χ1v) is 9.04. The molecule has 1 amide bonds. The van der Waals surface area contributed by atoms with Gasteiger partial charge in [-0.25, -0.2) is 0 Å². The van der Waals surface area contributed by atoms with Gasteiger partial charge in [-0.05, 0) is 12.8 Å². The maximum absolute atomic E-state index is 11.2. The highest BCUT2D eigenvalue weighted by molar-refractivity contribution is 5.73. The van der Waals surface area contributed by atoms with Gasteiger partial charge in [-0.3, -0.25) is 9.59 Å². The topological polar surface area (TPSA) is 75.6 Å². The van der Waals surface area contributed by atoms with Crippen molar-refractivity contribution in [3.8, 4) is 0 Å². The quantitative estimate of drug-likeness (QED) is 0.378. The molecule has 23 heavy (non-hydrogen) atoms. The van der Waals surface area contributed by atoms with Gasteiger partial charge in [0.1, 0.15) is 6.10 Å². The lowest BCUT2D eigenvalue weighted by molar-refractivity contribution is -0.147. The van der Waals surface area contributed by atoms with Crippen LogP contribution >= 0.6 is 0 Å². The molecule has 5 heteroatoms. The summed E-state index contributed by atoms with van der Waals surface area (Å²) in [6, 6.07) is -0.356. The lowest BCUT2D eigenvalue weighted by atomic mass is 10.0. The van der Waals surface area contributed by atoms with Crippen molar-refractivity contribution in [1.82, 2.24) is 5.32 Å². The number of ether oxygens (including phenoxy) is 1. The van der Waals surface area contributed by atoms with Gasteiger partial charge in [0, 0.05) is 20.3 Å². The number of hydrogen-bond donors (Lipinski definition) is 2. The summed E-state index contributed by atoms with van der Waals surface area (Å²) in [5, 5.41) is 12.0. The highest BCUT2D eigenvalue weighted by Crippen LogP contribution is 2.15. The van der Waals surface area contributed by atoms with E-state index >= 15 is 0 Å². The number of esters is 1. The highest BCUT2D eigenvalue weighted by atomic mass is 16.5. The summed E-state index contributed by atoms with van der Waals surface area (Å²) >= 11 is 0. The molecule has 136 valence electrons. The number of carbonyl (C=O) groups excluding carboxylic acids is 2. The number of unbranched alkanes of at least 4 members (excludes halogenated alkanes) is 7. The Bertz CT molecular complexity index is 320. The van der Waals surface area contributed by atoms with E-state index in [0.717, 1.165) is 19.3 Å². The van der Waals surface area contributed by atoms with Gasteiger partial charge in [-0.2, -0.15) is 0 Å². The number of hydrogen-bond acceptors (Lipinski definition) is 4. The van der Waals surface area contributed by atoms with Crippen molar-refractivity contribution in [2.24, 2.45) is 0 Å². The van der Waals surface area contributed by atoms with Crippen molar-refractivity contribution in [1.29, 1.82) is 0 Å². The fourth-order valence-corrected chi connectivity index (χ4v) is 2.75. The van der Waals surface area contributed by atoms with E-state index in [1.807, 2.05) is 0 Å². The SMILES string of the molecule is CCCCCCCCCCC(CC(CO)NC(C)=O)OC(C)=O. The Balaban J connectivity index is 4.00. The molecule has 0 aromatic heterocycles. The van der Waals surface area contributed by atoms with E-state index in [-0.39, 0.29) is 30.6 Å². The highest BCUT2D eigenvalue weighted by Gasteiger charge is 2.19. The number of aliphatic hydroxyl groups excluding tert-OH is 1.